The maximum absolute atomic E-state index is 5.86. The van der Waals surface area contributed by atoms with Crippen molar-refractivity contribution in [1.82, 2.24) is 0 Å². The minimum atomic E-state index is 0.652. The van der Waals surface area contributed by atoms with Crippen LogP contribution >= 0.6 is 11.3 Å². The van der Waals surface area contributed by atoms with Gasteiger partial charge in [0.1, 0.15) is 11.5 Å². The Morgan fingerprint density at radius 1 is 1.16 bits per heavy atom. The first-order valence-corrected chi connectivity index (χ1v) is 7.35. The van der Waals surface area contributed by atoms with Gasteiger partial charge in [0.15, 0.2) is 0 Å². The lowest BCUT2D eigenvalue weighted by atomic mass is 10.3. The highest BCUT2D eigenvalue weighted by Crippen LogP contribution is 2.27. The number of hydrogen-bond donors (Lipinski definition) is 1. The summed E-state index contributed by atoms with van der Waals surface area (Å²) in [7, 11) is 0. The molecule has 3 nitrogen and oxygen atoms in total. The van der Waals surface area contributed by atoms with Crippen molar-refractivity contribution in [3.63, 3.8) is 0 Å². The number of rotatable bonds is 7. The van der Waals surface area contributed by atoms with Crippen molar-refractivity contribution in [3.05, 3.63) is 40.6 Å². The highest BCUT2D eigenvalue weighted by molar-refractivity contribution is 7.09. The number of hydrogen-bond acceptors (Lipinski definition) is 4. The molecule has 2 aromatic rings. The van der Waals surface area contributed by atoms with Crippen LogP contribution in [0.1, 0.15) is 18.2 Å². The summed E-state index contributed by atoms with van der Waals surface area (Å²) in [6, 6.07) is 9.74. The number of thiophene rings is 1. The van der Waals surface area contributed by atoms with Crippen molar-refractivity contribution < 1.29 is 9.47 Å². The highest BCUT2D eigenvalue weighted by atomic mass is 32.1. The van der Waals surface area contributed by atoms with Gasteiger partial charge in [0.2, 0.25) is 0 Å². The summed E-state index contributed by atoms with van der Waals surface area (Å²) in [6.07, 6.45) is 1.89. The fourth-order valence-electron chi connectivity index (χ4n) is 1.67. The number of nitrogens with two attached hydrogens (primary N) is 1. The first-order valence-electron chi connectivity index (χ1n) is 6.47. The molecule has 0 aliphatic rings. The van der Waals surface area contributed by atoms with Crippen LogP contribution in [0.3, 0.4) is 0 Å². The summed E-state index contributed by atoms with van der Waals surface area (Å²) in [5.74, 6) is 1.51. The summed E-state index contributed by atoms with van der Waals surface area (Å²) in [6.45, 7) is 3.40. The van der Waals surface area contributed by atoms with Gasteiger partial charge < -0.3 is 15.2 Å². The lowest BCUT2D eigenvalue weighted by Gasteiger charge is -2.11. The molecule has 2 N–H and O–H groups in total. The molecule has 0 unspecified atom stereocenters. The highest BCUT2D eigenvalue weighted by Gasteiger charge is 2.03. The van der Waals surface area contributed by atoms with Crippen LogP contribution in [0.15, 0.2) is 35.7 Å². The second-order valence-electron chi connectivity index (χ2n) is 4.23. The smallest absolute Gasteiger partial charge is 0.145 e. The number of ether oxygens (including phenoxy) is 2. The summed E-state index contributed by atoms with van der Waals surface area (Å²) in [5.41, 5.74) is 6.51. The summed E-state index contributed by atoms with van der Waals surface area (Å²) in [5, 5.41) is 2.08. The molecule has 1 heterocycles. The van der Waals surface area contributed by atoms with Gasteiger partial charge in [-0.25, -0.2) is 0 Å². The van der Waals surface area contributed by atoms with Gasteiger partial charge in [0.05, 0.1) is 18.9 Å². The van der Waals surface area contributed by atoms with E-state index in [2.05, 4.69) is 24.4 Å². The van der Waals surface area contributed by atoms with E-state index in [1.54, 1.807) is 11.3 Å². The Morgan fingerprint density at radius 2 is 2.05 bits per heavy atom. The topological polar surface area (TPSA) is 44.5 Å². The van der Waals surface area contributed by atoms with E-state index in [1.165, 1.54) is 4.88 Å². The second-order valence-corrected chi connectivity index (χ2v) is 5.26. The van der Waals surface area contributed by atoms with E-state index in [9.17, 15) is 0 Å². The first kappa shape index (κ1) is 13.7. The van der Waals surface area contributed by atoms with Crippen LogP contribution in [0.2, 0.25) is 0 Å². The van der Waals surface area contributed by atoms with Crippen molar-refractivity contribution in [1.29, 1.82) is 0 Å². The molecule has 0 saturated carbocycles. The van der Waals surface area contributed by atoms with Crippen LogP contribution in [0.5, 0.6) is 11.5 Å². The minimum Gasteiger partial charge on any atom is -0.493 e. The zero-order chi connectivity index (χ0) is 13.5. The molecule has 102 valence electrons. The van der Waals surface area contributed by atoms with Gasteiger partial charge in [0, 0.05) is 17.4 Å². The standard InChI is InChI=1S/C15H19NO2S/c1-2-8-18-15-11-12(5-6-14(15)16)17-9-7-13-4-3-10-19-13/h3-6,10-11H,2,7-9,16H2,1H3. The SMILES string of the molecule is CCCOc1cc(OCCc2cccs2)ccc1N. The molecule has 0 amide bonds. The Morgan fingerprint density at radius 3 is 2.79 bits per heavy atom. The molecule has 2 rings (SSSR count). The van der Waals surface area contributed by atoms with Crippen LogP contribution in [0.25, 0.3) is 0 Å². The Hall–Kier alpha value is -1.68. The fourth-order valence-corrected chi connectivity index (χ4v) is 2.36. The maximum Gasteiger partial charge on any atom is 0.145 e. The van der Waals surface area contributed by atoms with Gasteiger partial charge in [-0.15, -0.1) is 11.3 Å². The van der Waals surface area contributed by atoms with Crippen LogP contribution in [0.4, 0.5) is 5.69 Å². The minimum absolute atomic E-state index is 0.652. The number of anilines is 1. The van der Waals surface area contributed by atoms with Crippen molar-refractivity contribution in [2.45, 2.75) is 19.8 Å². The zero-order valence-electron chi connectivity index (χ0n) is 11.1. The Labute approximate surface area is 118 Å². The molecule has 0 bridgehead atoms. The molecule has 0 spiro atoms. The molecule has 0 aliphatic carbocycles. The van der Waals surface area contributed by atoms with Crippen LogP contribution in [0, 0.1) is 0 Å². The Kier molecular flexibility index (Phi) is 5.10. The van der Waals surface area contributed by atoms with Crippen molar-refractivity contribution in [3.8, 4) is 11.5 Å². The van der Waals surface area contributed by atoms with Crippen LogP contribution < -0.4 is 15.2 Å². The van der Waals surface area contributed by atoms with E-state index in [4.69, 9.17) is 15.2 Å². The molecule has 0 radical (unpaired) electrons. The fraction of sp³-hybridized carbons (Fsp3) is 0.333. The lowest BCUT2D eigenvalue weighted by Crippen LogP contribution is -2.02. The van der Waals surface area contributed by atoms with E-state index >= 15 is 0 Å². The molecule has 19 heavy (non-hydrogen) atoms. The molecule has 4 heteroatoms. The lowest BCUT2D eigenvalue weighted by molar-refractivity contribution is 0.305. The van der Waals surface area contributed by atoms with Crippen molar-refractivity contribution in [2.75, 3.05) is 18.9 Å². The molecule has 1 aromatic carbocycles. The third-order valence-corrected chi connectivity index (χ3v) is 3.58. The van der Waals surface area contributed by atoms with Gasteiger partial charge >= 0.3 is 0 Å². The zero-order valence-corrected chi connectivity index (χ0v) is 11.9. The predicted molar refractivity (Wildman–Crippen MR) is 80.2 cm³/mol. The molecular weight excluding hydrogens is 258 g/mol. The van der Waals surface area contributed by atoms with Crippen LogP contribution in [-0.2, 0) is 6.42 Å². The molecule has 1 aromatic heterocycles. The molecule has 0 atom stereocenters. The quantitative estimate of drug-likeness (QED) is 0.784. The van der Waals surface area contributed by atoms with Gasteiger partial charge in [-0.1, -0.05) is 13.0 Å². The molecule has 0 fully saturated rings. The van der Waals surface area contributed by atoms with E-state index in [1.807, 2.05) is 18.2 Å². The normalized spacial score (nSPS) is 10.4. The van der Waals surface area contributed by atoms with Crippen LogP contribution in [-0.4, -0.2) is 13.2 Å². The van der Waals surface area contributed by atoms with Gasteiger partial charge in [-0.05, 0) is 30.0 Å². The first-order chi connectivity index (χ1) is 9.29. The van der Waals surface area contributed by atoms with Crippen molar-refractivity contribution in [2.24, 2.45) is 0 Å². The third-order valence-electron chi connectivity index (χ3n) is 2.64. The third kappa shape index (κ3) is 4.17. The summed E-state index contributed by atoms with van der Waals surface area (Å²) >= 11 is 1.75. The van der Waals surface area contributed by atoms with E-state index in [-0.39, 0.29) is 0 Å². The van der Waals surface area contributed by atoms with Gasteiger partial charge in [-0.3, -0.25) is 0 Å². The summed E-state index contributed by atoms with van der Waals surface area (Å²) in [4.78, 5) is 1.33. The van der Waals surface area contributed by atoms with E-state index in [0.717, 1.165) is 18.6 Å². The largest absolute Gasteiger partial charge is 0.493 e. The second kappa shape index (κ2) is 7.04. The summed E-state index contributed by atoms with van der Waals surface area (Å²) < 4.78 is 11.3. The van der Waals surface area contributed by atoms with Crippen molar-refractivity contribution >= 4 is 17.0 Å². The number of benzene rings is 1. The van der Waals surface area contributed by atoms with Gasteiger partial charge in [0.25, 0.3) is 0 Å². The average molecular weight is 277 g/mol. The molecular formula is C15H19NO2S. The molecule has 0 aliphatic heterocycles. The number of nitrogen functional groups attached to an aromatic ring is 1. The van der Waals surface area contributed by atoms with E-state index in [0.29, 0.717) is 24.7 Å². The molecule has 0 saturated heterocycles. The maximum atomic E-state index is 5.86. The van der Waals surface area contributed by atoms with Gasteiger partial charge in [-0.2, -0.15) is 0 Å². The Balaban J connectivity index is 1.89. The average Bonchev–Trinajstić information content (AvgIpc) is 2.92. The van der Waals surface area contributed by atoms with E-state index < -0.39 is 0 Å². The Bertz CT molecular complexity index is 497. The monoisotopic (exact) mass is 277 g/mol. The predicted octanol–water partition coefficient (Wildman–Crippen LogP) is 3.74.